The summed E-state index contributed by atoms with van der Waals surface area (Å²) >= 11 is 0. The van der Waals surface area contributed by atoms with Gasteiger partial charge in [0.05, 0.1) is 20.2 Å². The summed E-state index contributed by atoms with van der Waals surface area (Å²) in [5.74, 6) is 2.30. The van der Waals surface area contributed by atoms with E-state index in [1.54, 1.807) is 12.0 Å². The van der Waals surface area contributed by atoms with Crippen LogP contribution in [0.5, 0.6) is 11.5 Å². The van der Waals surface area contributed by atoms with Gasteiger partial charge in [-0.2, -0.15) is 4.57 Å². The Labute approximate surface area is 243 Å². The van der Waals surface area contributed by atoms with Crippen LogP contribution < -0.4 is 18.9 Å². The first kappa shape index (κ1) is 27.5. The number of pyridine rings is 1. The molecule has 1 saturated heterocycles. The van der Waals surface area contributed by atoms with Gasteiger partial charge in [0.1, 0.15) is 6.54 Å². The molecule has 0 amide bonds. The summed E-state index contributed by atoms with van der Waals surface area (Å²) in [6.07, 6.45) is 4.17. The van der Waals surface area contributed by atoms with E-state index < -0.39 is 0 Å². The van der Waals surface area contributed by atoms with E-state index in [0.29, 0.717) is 30.1 Å². The monoisotopic (exact) mass is 550 g/mol. The van der Waals surface area contributed by atoms with Crippen molar-refractivity contribution in [1.82, 2.24) is 0 Å². The fourth-order valence-corrected chi connectivity index (χ4v) is 6.97. The van der Waals surface area contributed by atoms with Crippen molar-refractivity contribution in [2.24, 2.45) is 11.8 Å². The molecule has 0 spiro atoms. The number of quaternary nitrogens is 1. The lowest BCUT2D eigenvalue weighted by Crippen LogP contribution is -3.11. The molecule has 1 fully saturated rings. The van der Waals surface area contributed by atoms with E-state index in [-0.39, 0.29) is 11.7 Å². The van der Waals surface area contributed by atoms with Crippen molar-refractivity contribution in [3.63, 3.8) is 0 Å². The third-order valence-corrected chi connectivity index (χ3v) is 9.07. The number of para-hydroxylation sites is 1. The summed E-state index contributed by atoms with van der Waals surface area (Å²) in [4.78, 5) is 15.1. The average molecular weight is 551 g/mol. The van der Waals surface area contributed by atoms with Gasteiger partial charge in [-0.3, -0.25) is 4.79 Å². The van der Waals surface area contributed by atoms with E-state index in [4.69, 9.17) is 9.47 Å². The van der Waals surface area contributed by atoms with Crippen LogP contribution in [0, 0.1) is 11.8 Å². The lowest BCUT2D eigenvalue weighted by Gasteiger charge is -2.30. The van der Waals surface area contributed by atoms with Crippen LogP contribution in [0.15, 0.2) is 78.9 Å². The Morgan fingerprint density at radius 1 is 0.927 bits per heavy atom. The average Bonchev–Trinajstić information content (AvgIpc) is 3.29. The van der Waals surface area contributed by atoms with Gasteiger partial charge >= 0.3 is 0 Å². The minimum atomic E-state index is 0.0641. The summed E-state index contributed by atoms with van der Waals surface area (Å²) in [6.45, 7) is 8.30. The molecule has 1 aliphatic carbocycles. The minimum Gasteiger partial charge on any atom is -0.493 e. The highest BCUT2D eigenvalue weighted by molar-refractivity contribution is 6.02. The van der Waals surface area contributed by atoms with Crippen LogP contribution in [-0.2, 0) is 19.6 Å². The molecule has 41 heavy (non-hydrogen) atoms. The summed E-state index contributed by atoms with van der Waals surface area (Å²) in [5, 5.41) is 1.22. The number of aromatic nitrogens is 1. The zero-order valence-electron chi connectivity index (χ0n) is 24.6. The number of methoxy groups -OCH3 is 1. The Kier molecular flexibility index (Phi) is 8.06. The first-order valence-electron chi connectivity index (χ1n) is 15.2. The summed E-state index contributed by atoms with van der Waals surface area (Å²) < 4.78 is 14.4. The fraction of sp³-hybridized carbons (Fsp3) is 0.389. The number of hydrogen-bond acceptors (Lipinski definition) is 3. The van der Waals surface area contributed by atoms with Crippen molar-refractivity contribution in [1.29, 1.82) is 0 Å². The molecular formula is C36H42N2O3+2. The minimum absolute atomic E-state index is 0.0641. The molecule has 5 heteroatoms. The van der Waals surface area contributed by atoms with E-state index in [2.05, 4.69) is 91.2 Å². The second kappa shape index (κ2) is 12.0. The fourth-order valence-electron chi connectivity index (χ4n) is 6.97. The Bertz CT molecular complexity index is 1520. The highest BCUT2D eigenvalue weighted by atomic mass is 16.5. The predicted molar refractivity (Wildman–Crippen MR) is 162 cm³/mol. The highest BCUT2D eigenvalue weighted by Gasteiger charge is 2.35. The predicted octanol–water partition coefficient (Wildman–Crippen LogP) is 5.54. The third-order valence-electron chi connectivity index (χ3n) is 9.07. The van der Waals surface area contributed by atoms with Gasteiger partial charge in [-0.05, 0) is 75.3 Å². The number of ether oxygens (including phenoxy) is 2. The smallest absolute Gasteiger partial charge is 0.219 e. The number of Topliss-reactive ketones (excluding diaryl/α,β-unsaturated/α-hetero) is 1. The van der Waals surface area contributed by atoms with Crippen LogP contribution in [-0.4, -0.2) is 26.0 Å². The second-order valence-corrected chi connectivity index (χ2v) is 12.2. The molecule has 1 unspecified atom stereocenters. The number of hydrogen-bond donors (Lipinski definition) is 1. The maximum Gasteiger partial charge on any atom is 0.219 e. The number of carbonyl (C=O) groups is 1. The molecule has 2 aliphatic rings. The van der Waals surface area contributed by atoms with Crippen LogP contribution >= 0.6 is 0 Å². The van der Waals surface area contributed by atoms with Gasteiger partial charge < -0.3 is 14.4 Å². The number of likely N-dealkylation sites (tertiary alicyclic amines) is 1. The van der Waals surface area contributed by atoms with Gasteiger partial charge in [-0.15, -0.1) is 0 Å². The Morgan fingerprint density at radius 2 is 1.68 bits per heavy atom. The lowest BCUT2D eigenvalue weighted by atomic mass is 9.85. The molecule has 0 bridgehead atoms. The topological polar surface area (TPSA) is 43.9 Å². The van der Waals surface area contributed by atoms with Crippen LogP contribution in [0.25, 0.3) is 10.9 Å². The largest absolute Gasteiger partial charge is 0.493 e. The van der Waals surface area contributed by atoms with Gasteiger partial charge in [0.2, 0.25) is 11.2 Å². The van der Waals surface area contributed by atoms with E-state index in [1.165, 1.54) is 42.4 Å². The maximum absolute atomic E-state index is 13.5. The van der Waals surface area contributed by atoms with Gasteiger partial charge in [0, 0.05) is 34.6 Å². The zero-order valence-corrected chi connectivity index (χ0v) is 24.6. The summed E-state index contributed by atoms with van der Waals surface area (Å²) in [7, 11) is 1.65. The van der Waals surface area contributed by atoms with Crippen molar-refractivity contribution in [3.8, 4) is 11.5 Å². The highest BCUT2D eigenvalue weighted by Crippen LogP contribution is 2.39. The zero-order chi connectivity index (χ0) is 28.3. The van der Waals surface area contributed by atoms with E-state index >= 15 is 0 Å². The standard InChI is InChI=1S/C36H41N2O3/c1-25(2)38-31(14-13-28-11-7-8-12-33(28)38)24-41-35-21-29-20-30(36(39)32(29)22-34(35)40-3)19-26-15-17-37(18-16-26)23-27-9-5-4-6-10-27/h4-14,21-22,25-26,30H,15-20,23-24H2,1-3H3/q+1/p+1. The van der Waals surface area contributed by atoms with Crippen molar-refractivity contribution in [2.45, 2.75) is 58.7 Å². The normalized spacial score (nSPS) is 20.4. The number of nitrogens with zero attached hydrogens (tertiary/aromatic N) is 1. The molecule has 0 radical (unpaired) electrons. The first-order valence-corrected chi connectivity index (χ1v) is 15.2. The number of piperidine rings is 1. The van der Waals surface area contributed by atoms with Crippen LogP contribution in [0.2, 0.25) is 0 Å². The van der Waals surface area contributed by atoms with Crippen LogP contribution in [0.1, 0.15) is 66.3 Å². The molecule has 1 atom stereocenters. The molecular weight excluding hydrogens is 508 g/mol. The van der Waals surface area contributed by atoms with Crippen molar-refractivity contribution < 1.29 is 23.7 Å². The van der Waals surface area contributed by atoms with Gasteiger partial charge in [0.15, 0.2) is 29.9 Å². The molecule has 1 N–H and O–H groups in total. The molecule has 6 rings (SSSR count). The van der Waals surface area contributed by atoms with Gasteiger partial charge in [0.25, 0.3) is 0 Å². The molecule has 2 heterocycles. The van der Waals surface area contributed by atoms with E-state index in [1.807, 2.05) is 6.07 Å². The van der Waals surface area contributed by atoms with Gasteiger partial charge in [-0.25, -0.2) is 0 Å². The SMILES string of the molecule is COc1cc2c(cc1OCc1ccc3ccccc3[n+]1C(C)C)CC(CC1CC[NH+](Cc3ccccc3)CC1)C2=O. The number of carbonyl (C=O) groups excluding carboxylic acids is 1. The number of benzene rings is 3. The number of rotatable bonds is 9. The molecule has 1 aliphatic heterocycles. The van der Waals surface area contributed by atoms with Gasteiger partial charge in [-0.1, -0.05) is 42.5 Å². The summed E-state index contributed by atoms with van der Waals surface area (Å²) in [5.41, 5.74) is 5.63. The lowest BCUT2D eigenvalue weighted by molar-refractivity contribution is -0.919. The molecule has 4 aromatic rings. The Balaban J connectivity index is 1.12. The molecule has 1 aromatic heterocycles. The van der Waals surface area contributed by atoms with E-state index in [9.17, 15) is 4.79 Å². The molecule has 0 saturated carbocycles. The third kappa shape index (κ3) is 5.87. The first-order chi connectivity index (χ1) is 20.0. The Morgan fingerprint density at radius 3 is 2.44 bits per heavy atom. The molecule has 5 nitrogen and oxygen atoms in total. The maximum atomic E-state index is 13.5. The molecule has 212 valence electrons. The quantitative estimate of drug-likeness (QED) is 0.279. The van der Waals surface area contributed by atoms with Crippen LogP contribution in [0.4, 0.5) is 0 Å². The van der Waals surface area contributed by atoms with Crippen molar-refractivity contribution >= 4 is 16.7 Å². The molecule has 3 aromatic carbocycles. The number of ketones is 1. The second-order valence-electron chi connectivity index (χ2n) is 12.2. The van der Waals surface area contributed by atoms with Crippen molar-refractivity contribution in [2.75, 3.05) is 20.2 Å². The number of nitrogens with one attached hydrogen (secondary N) is 1. The van der Waals surface area contributed by atoms with Crippen molar-refractivity contribution in [3.05, 3.63) is 101 Å². The summed E-state index contributed by atoms with van der Waals surface area (Å²) in [6, 6.07) is 27.8. The van der Waals surface area contributed by atoms with E-state index in [0.717, 1.165) is 36.2 Å². The number of fused-ring (bicyclic) bond motifs is 2. The van der Waals surface area contributed by atoms with Crippen LogP contribution in [0.3, 0.4) is 0 Å². The Hall–Kier alpha value is -3.70.